The Balaban J connectivity index is 1.78. The van der Waals surface area contributed by atoms with Gasteiger partial charge in [-0.15, -0.1) is 0 Å². The fourth-order valence-corrected chi connectivity index (χ4v) is 2.67. The molecule has 1 N–H and O–H groups in total. The van der Waals surface area contributed by atoms with Gasteiger partial charge in [0, 0.05) is 31.7 Å². The first kappa shape index (κ1) is 17.7. The fourth-order valence-electron chi connectivity index (χ4n) is 2.67. The van der Waals surface area contributed by atoms with Crippen LogP contribution < -0.4 is 5.32 Å². The number of hydrogen-bond donors (Lipinski definition) is 1. The summed E-state index contributed by atoms with van der Waals surface area (Å²) in [4.78, 5) is 13.9. The van der Waals surface area contributed by atoms with E-state index in [2.05, 4.69) is 10.2 Å². The van der Waals surface area contributed by atoms with E-state index >= 15 is 0 Å². The molecule has 0 aliphatic carbocycles. The molecule has 0 radical (unpaired) electrons. The third kappa shape index (κ3) is 6.14. The molecule has 1 aromatic rings. The first-order chi connectivity index (χ1) is 10.7. The lowest BCUT2D eigenvalue weighted by Crippen LogP contribution is -2.45. The molecular formula is C17H24F2N2O2. The van der Waals surface area contributed by atoms with Gasteiger partial charge in [-0.2, -0.15) is 0 Å². The van der Waals surface area contributed by atoms with Gasteiger partial charge in [0.15, 0.2) is 0 Å². The van der Waals surface area contributed by atoms with Crippen molar-refractivity contribution in [3.05, 3.63) is 35.4 Å². The van der Waals surface area contributed by atoms with Crippen molar-refractivity contribution >= 4 is 6.09 Å². The minimum Gasteiger partial charge on any atom is -0.444 e. The number of halogens is 2. The fraction of sp³-hybridized carbons (Fsp3) is 0.588. The molecule has 0 saturated carbocycles. The lowest BCUT2D eigenvalue weighted by Gasteiger charge is -2.32. The molecule has 1 heterocycles. The molecule has 0 bridgehead atoms. The van der Waals surface area contributed by atoms with Gasteiger partial charge in [0.05, 0.1) is 0 Å². The Hall–Kier alpha value is -1.69. The predicted octanol–water partition coefficient (Wildman–Crippen LogP) is 3.45. The lowest BCUT2D eigenvalue weighted by atomic mass is 10.0. The van der Waals surface area contributed by atoms with Gasteiger partial charge in [0.2, 0.25) is 0 Å². The van der Waals surface area contributed by atoms with Crippen LogP contribution in [0.2, 0.25) is 0 Å². The zero-order chi connectivity index (χ0) is 17.0. The van der Waals surface area contributed by atoms with Crippen LogP contribution in [0.1, 0.15) is 39.2 Å². The number of piperidine rings is 1. The maximum Gasteiger partial charge on any atom is 0.407 e. The number of likely N-dealkylation sites (tertiary alicyclic amines) is 1. The van der Waals surface area contributed by atoms with Crippen LogP contribution in [0.15, 0.2) is 18.2 Å². The molecule has 0 unspecified atom stereocenters. The maximum atomic E-state index is 13.2. The van der Waals surface area contributed by atoms with E-state index < -0.39 is 23.3 Å². The molecule has 0 spiro atoms. The number of carbonyl (C=O) groups excluding carboxylic acids is 1. The minimum absolute atomic E-state index is 0.0744. The van der Waals surface area contributed by atoms with Gasteiger partial charge in [-0.05, 0) is 51.3 Å². The molecule has 1 aliphatic rings. The van der Waals surface area contributed by atoms with Crippen molar-refractivity contribution in [3.8, 4) is 0 Å². The van der Waals surface area contributed by atoms with E-state index in [1.807, 2.05) is 20.8 Å². The Bertz CT molecular complexity index is 530. The van der Waals surface area contributed by atoms with Crippen LogP contribution in [0.3, 0.4) is 0 Å². The van der Waals surface area contributed by atoms with Gasteiger partial charge in [-0.25, -0.2) is 13.6 Å². The van der Waals surface area contributed by atoms with Gasteiger partial charge in [-0.1, -0.05) is 0 Å². The summed E-state index contributed by atoms with van der Waals surface area (Å²) < 4.78 is 31.6. The second-order valence-corrected chi connectivity index (χ2v) is 6.97. The number of rotatable bonds is 3. The quantitative estimate of drug-likeness (QED) is 0.925. The van der Waals surface area contributed by atoms with Crippen molar-refractivity contribution in [1.82, 2.24) is 10.2 Å². The summed E-state index contributed by atoms with van der Waals surface area (Å²) in [7, 11) is 0. The predicted molar refractivity (Wildman–Crippen MR) is 84.0 cm³/mol. The standard InChI is InChI=1S/C17H24F2N2O2/c1-17(2,3)23-16(22)20-15-4-6-21(7-5-15)11-12-8-13(18)10-14(19)9-12/h8-10,15H,4-7,11H2,1-3H3,(H,20,22). The van der Waals surface area contributed by atoms with Crippen molar-refractivity contribution in [2.45, 2.75) is 51.8 Å². The molecule has 128 valence electrons. The highest BCUT2D eigenvalue weighted by molar-refractivity contribution is 5.68. The largest absolute Gasteiger partial charge is 0.444 e. The highest BCUT2D eigenvalue weighted by Crippen LogP contribution is 2.16. The number of benzene rings is 1. The lowest BCUT2D eigenvalue weighted by molar-refractivity contribution is 0.0477. The van der Waals surface area contributed by atoms with Gasteiger partial charge in [-0.3, -0.25) is 4.90 Å². The minimum atomic E-state index is -0.554. The van der Waals surface area contributed by atoms with Crippen molar-refractivity contribution in [1.29, 1.82) is 0 Å². The third-order valence-electron chi connectivity index (χ3n) is 3.64. The smallest absolute Gasteiger partial charge is 0.407 e. The topological polar surface area (TPSA) is 41.6 Å². The Morgan fingerprint density at radius 1 is 1.22 bits per heavy atom. The molecule has 1 fully saturated rings. The highest BCUT2D eigenvalue weighted by atomic mass is 19.1. The normalized spacial score (nSPS) is 17.1. The van der Waals surface area contributed by atoms with E-state index in [1.54, 1.807) is 0 Å². The van der Waals surface area contributed by atoms with Crippen LogP contribution in [-0.2, 0) is 11.3 Å². The Morgan fingerprint density at radius 3 is 2.30 bits per heavy atom. The summed E-state index contributed by atoms with van der Waals surface area (Å²) in [6, 6.07) is 3.66. The summed E-state index contributed by atoms with van der Waals surface area (Å²) >= 11 is 0. The number of carbonyl (C=O) groups is 1. The van der Waals surface area contributed by atoms with E-state index in [4.69, 9.17) is 4.74 Å². The van der Waals surface area contributed by atoms with Crippen molar-refractivity contribution in [3.63, 3.8) is 0 Å². The zero-order valence-electron chi connectivity index (χ0n) is 13.9. The van der Waals surface area contributed by atoms with Crippen LogP contribution in [0.25, 0.3) is 0 Å². The van der Waals surface area contributed by atoms with Gasteiger partial charge < -0.3 is 10.1 Å². The van der Waals surface area contributed by atoms with Gasteiger partial charge in [0.1, 0.15) is 17.2 Å². The average molecular weight is 326 g/mol. The number of hydrogen-bond acceptors (Lipinski definition) is 3. The van der Waals surface area contributed by atoms with Crippen LogP contribution in [0, 0.1) is 11.6 Å². The molecular weight excluding hydrogens is 302 g/mol. The summed E-state index contributed by atoms with van der Waals surface area (Å²) in [6.45, 7) is 7.51. The van der Waals surface area contributed by atoms with Crippen LogP contribution in [0.4, 0.5) is 13.6 Å². The highest BCUT2D eigenvalue weighted by Gasteiger charge is 2.23. The molecule has 2 rings (SSSR count). The second kappa shape index (κ2) is 7.25. The molecule has 1 amide bonds. The van der Waals surface area contributed by atoms with E-state index in [0.717, 1.165) is 32.0 Å². The van der Waals surface area contributed by atoms with Gasteiger partial charge in [0.25, 0.3) is 0 Å². The van der Waals surface area contributed by atoms with Crippen molar-refractivity contribution in [2.75, 3.05) is 13.1 Å². The Labute approximate surface area is 135 Å². The first-order valence-electron chi connectivity index (χ1n) is 7.88. The van der Waals surface area contributed by atoms with Crippen molar-refractivity contribution in [2.24, 2.45) is 0 Å². The molecule has 1 aromatic carbocycles. The second-order valence-electron chi connectivity index (χ2n) is 6.97. The monoisotopic (exact) mass is 326 g/mol. The summed E-state index contributed by atoms with van der Waals surface area (Å²) in [5.74, 6) is -1.11. The maximum absolute atomic E-state index is 13.2. The number of nitrogens with zero attached hydrogens (tertiary/aromatic N) is 1. The third-order valence-corrected chi connectivity index (χ3v) is 3.64. The number of amides is 1. The first-order valence-corrected chi connectivity index (χ1v) is 7.88. The van der Waals surface area contributed by atoms with E-state index in [-0.39, 0.29) is 6.04 Å². The van der Waals surface area contributed by atoms with Gasteiger partial charge >= 0.3 is 6.09 Å². The molecule has 4 nitrogen and oxygen atoms in total. The molecule has 1 saturated heterocycles. The van der Waals surface area contributed by atoms with Crippen LogP contribution >= 0.6 is 0 Å². The number of ether oxygens (including phenoxy) is 1. The summed E-state index contributed by atoms with van der Waals surface area (Å²) in [5.41, 5.74) is 0.118. The summed E-state index contributed by atoms with van der Waals surface area (Å²) in [6.07, 6.45) is 1.18. The van der Waals surface area contributed by atoms with Crippen LogP contribution in [-0.4, -0.2) is 35.7 Å². The molecule has 23 heavy (non-hydrogen) atoms. The number of nitrogens with one attached hydrogen (secondary N) is 1. The molecule has 1 aliphatic heterocycles. The Kier molecular flexibility index (Phi) is 5.57. The molecule has 6 heteroatoms. The Morgan fingerprint density at radius 2 is 1.78 bits per heavy atom. The molecule has 0 aromatic heterocycles. The van der Waals surface area contributed by atoms with E-state index in [0.29, 0.717) is 12.1 Å². The zero-order valence-corrected chi connectivity index (χ0v) is 13.9. The van der Waals surface area contributed by atoms with E-state index in [1.165, 1.54) is 12.1 Å². The SMILES string of the molecule is CC(C)(C)OC(=O)NC1CCN(Cc2cc(F)cc(F)c2)CC1. The van der Waals surface area contributed by atoms with Crippen LogP contribution in [0.5, 0.6) is 0 Å². The summed E-state index contributed by atoms with van der Waals surface area (Å²) in [5, 5.41) is 2.87. The average Bonchev–Trinajstić information content (AvgIpc) is 2.37. The number of alkyl carbamates (subject to hydrolysis) is 1. The van der Waals surface area contributed by atoms with Crippen molar-refractivity contribution < 1.29 is 18.3 Å². The molecule has 0 atom stereocenters. The van der Waals surface area contributed by atoms with E-state index in [9.17, 15) is 13.6 Å².